The summed E-state index contributed by atoms with van der Waals surface area (Å²) in [5.74, 6) is 0.767. The number of amides is 1. The smallest absolute Gasteiger partial charge is 0.255 e. The molecule has 3 atom stereocenters. The molecule has 1 heterocycles. The average molecular weight is 259 g/mol. The molecule has 1 amide bonds. The zero-order valence-corrected chi connectivity index (χ0v) is 11.4. The van der Waals surface area contributed by atoms with Crippen molar-refractivity contribution < 1.29 is 9.90 Å². The summed E-state index contributed by atoms with van der Waals surface area (Å²) in [6.07, 6.45) is 4.05. The van der Waals surface area contributed by atoms with E-state index in [-0.39, 0.29) is 5.91 Å². The van der Waals surface area contributed by atoms with Crippen LogP contribution in [0.3, 0.4) is 0 Å². The zero-order valence-electron chi connectivity index (χ0n) is 11.4. The van der Waals surface area contributed by atoms with Crippen molar-refractivity contribution in [2.75, 3.05) is 6.54 Å². The van der Waals surface area contributed by atoms with E-state index in [0.717, 1.165) is 24.9 Å². The minimum absolute atomic E-state index is 0.0260. The van der Waals surface area contributed by atoms with Crippen molar-refractivity contribution in [1.29, 1.82) is 0 Å². The molecule has 1 N–H and O–H groups in total. The van der Waals surface area contributed by atoms with E-state index in [1.54, 1.807) is 4.90 Å². The second kappa shape index (κ2) is 4.97. The number of benzene rings is 1. The highest BCUT2D eigenvalue weighted by Crippen LogP contribution is 2.39. The summed E-state index contributed by atoms with van der Waals surface area (Å²) in [7, 11) is 0. The summed E-state index contributed by atoms with van der Waals surface area (Å²) in [6, 6.07) is 7.60. The SMILES string of the molecule is Cc1ccc(C(=O)N2C[C@H]3CCCC[C@H]3[C@@H]2O)cc1. The number of likely N-dealkylation sites (tertiary alicyclic amines) is 1. The van der Waals surface area contributed by atoms with E-state index in [1.807, 2.05) is 31.2 Å². The van der Waals surface area contributed by atoms with Crippen molar-refractivity contribution >= 4 is 5.91 Å². The van der Waals surface area contributed by atoms with E-state index in [9.17, 15) is 9.90 Å². The lowest BCUT2D eigenvalue weighted by Gasteiger charge is -2.26. The Hall–Kier alpha value is -1.35. The van der Waals surface area contributed by atoms with Gasteiger partial charge in [0.05, 0.1) is 0 Å². The maximum absolute atomic E-state index is 12.5. The maximum Gasteiger partial charge on any atom is 0.255 e. The topological polar surface area (TPSA) is 40.5 Å². The van der Waals surface area contributed by atoms with Crippen LogP contribution in [0.4, 0.5) is 0 Å². The molecule has 3 nitrogen and oxygen atoms in total. The minimum atomic E-state index is -0.584. The molecular formula is C16H21NO2. The Balaban J connectivity index is 1.78. The molecule has 1 aliphatic carbocycles. The van der Waals surface area contributed by atoms with Gasteiger partial charge in [0.15, 0.2) is 0 Å². The lowest BCUT2D eigenvalue weighted by atomic mass is 9.81. The number of hydrogen-bond acceptors (Lipinski definition) is 2. The molecule has 102 valence electrons. The molecule has 0 radical (unpaired) electrons. The van der Waals surface area contributed by atoms with Gasteiger partial charge >= 0.3 is 0 Å². The number of carbonyl (C=O) groups is 1. The third kappa shape index (κ3) is 2.27. The quantitative estimate of drug-likeness (QED) is 0.842. The molecule has 1 saturated heterocycles. The lowest BCUT2D eigenvalue weighted by Crippen LogP contribution is -2.37. The van der Waals surface area contributed by atoms with E-state index < -0.39 is 6.23 Å². The lowest BCUT2D eigenvalue weighted by molar-refractivity contribution is 0.00406. The number of rotatable bonds is 1. The Bertz CT molecular complexity index is 468. The number of hydrogen-bond donors (Lipinski definition) is 1. The van der Waals surface area contributed by atoms with Crippen LogP contribution in [0.1, 0.15) is 41.6 Å². The molecule has 3 heteroatoms. The molecule has 1 aromatic rings. The molecule has 0 spiro atoms. The van der Waals surface area contributed by atoms with Crippen LogP contribution in [0.15, 0.2) is 24.3 Å². The number of aliphatic hydroxyl groups is 1. The summed E-state index contributed by atoms with van der Waals surface area (Å²) in [4.78, 5) is 14.1. The van der Waals surface area contributed by atoms with Crippen molar-refractivity contribution in [1.82, 2.24) is 4.90 Å². The highest BCUT2D eigenvalue weighted by Gasteiger charge is 2.43. The molecule has 0 aromatic heterocycles. The van der Waals surface area contributed by atoms with E-state index in [1.165, 1.54) is 12.8 Å². The first-order valence-electron chi connectivity index (χ1n) is 7.22. The summed E-state index contributed by atoms with van der Waals surface area (Å²) in [5, 5.41) is 10.4. The maximum atomic E-state index is 12.5. The molecule has 19 heavy (non-hydrogen) atoms. The first kappa shape index (κ1) is 12.7. The van der Waals surface area contributed by atoms with Crippen LogP contribution in [0.5, 0.6) is 0 Å². The molecule has 3 rings (SSSR count). The van der Waals surface area contributed by atoms with Gasteiger partial charge in [0, 0.05) is 18.0 Å². The Morgan fingerprint density at radius 3 is 2.58 bits per heavy atom. The minimum Gasteiger partial charge on any atom is -0.373 e. The Morgan fingerprint density at radius 2 is 1.89 bits per heavy atom. The van der Waals surface area contributed by atoms with E-state index in [0.29, 0.717) is 17.4 Å². The van der Waals surface area contributed by atoms with Crippen LogP contribution in [0.25, 0.3) is 0 Å². The van der Waals surface area contributed by atoms with Crippen LogP contribution < -0.4 is 0 Å². The fourth-order valence-corrected chi connectivity index (χ4v) is 3.51. The van der Waals surface area contributed by atoms with Crippen molar-refractivity contribution in [3.8, 4) is 0 Å². The third-order valence-electron chi connectivity index (χ3n) is 4.66. The monoisotopic (exact) mass is 259 g/mol. The predicted octanol–water partition coefficient (Wildman–Crippen LogP) is 2.58. The zero-order chi connectivity index (χ0) is 13.4. The van der Waals surface area contributed by atoms with Gasteiger partial charge in [-0.15, -0.1) is 0 Å². The average Bonchev–Trinajstić information content (AvgIpc) is 2.77. The second-order valence-electron chi connectivity index (χ2n) is 5.95. The Kier molecular flexibility index (Phi) is 3.31. The fourth-order valence-electron chi connectivity index (χ4n) is 3.51. The molecule has 0 unspecified atom stereocenters. The van der Waals surface area contributed by atoms with E-state index in [4.69, 9.17) is 0 Å². The van der Waals surface area contributed by atoms with Crippen LogP contribution >= 0.6 is 0 Å². The van der Waals surface area contributed by atoms with Crippen LogP contribution in [0, 0.1) is 18.8 Å². The molecular weight excluding hydrogens is 238 g/mol. The van der Waals surface area contributed by atoms with Crippen molar-refractivity contribution in [3.05, 3.63) is 35.4 Å². The van der Waals surface area contributed by atoms with Gasteiger partial charge in [-0.2, -0.15) is 0 Å². The fraction of sp³-hybridized carbons (Fsp3) is 0.562. The van der Waals surface area contributed by atoms with Gasteiger partial charge in [-0.1, -0.05) is 30.5 Å². The van der Waals surface area contributed by atoms with Gasteiger partial charge < -0.3 is 10.0 Å². The van der Waals surface area contributed by atoms with Gasteiger partial charge in [-0.05, 0) is 37.8 Å². The number of nitrogens with zero attached hydrogens (tertiary/aromatic N) is 1. The summed E-state index contributed by atoms with van der Waals surface area (Å²) in [5.41, 5.74) is 1.83. The summed E-state index contributed by atoms with van der Waals surface area (Å²) >= 11 is 0. The predicted molar refractivity (Wildman–Crippen MR) is 73.7 cm³/mol. The number of carbonyl (C=O) groups excluding carboxylic acids is 1. The van der Waals surface area contributed by atoms with Crippen LogP contribution in [-0.4, -0.2) is 28.7 Å². The molecule has 1 aromatic carbocycles. The van der Waals surface area contributed by atoms with Crippen LogP contribution in [-0.2, 0) is 0 Å². The van der Waals surface area contributed by atoms with Gasteiger partial charge in [-0.3, -0.25) is 4.79 Å². The largest absolute Gasteiger partial charge is 0.373 e. The second-order valence-corrected chi connectivity index (χ2v) is 5.95. The van der Waals surface area contributed by atoms with Gasteiger partial charge in [0.2, 0.25) is 0 Å². The molecule has 1 saturated carbocycles. The molecule has 0 bridgehead atoms. The van der Waals surface area contributed by atoms with E-state index >= 15 is 0 Å². The number of fused-ring (bicyclic) bond motifs is 1. The van der Waals surface area contributed by atoms with Gasteiger partial charge in [-0.25, -0.2) is 0 Å². The first-order chi connectivity index (χ1) is 9.16. The normalized spacial score (nSPS) is 30.2. The highest BCUT2D eigenvalue weighted by atomic mass is 16.3. The van der Waals surface area contributed by atoms with E-state index in [2.05, 4.69) is 0 Å². The Morgan fingerprint density at radius 1 is 1.21 bits per heavy atom. The standard InChI is InChI=1S/C16H21NO2/c1-11-6-8-12(9-7-11)15(18)17-10-13-4-2-3-5-14(13)16(17)19/h6-9,13-14,16,19H,2-5,10H2,1H3/t13-,14-,16+/m1/s1. The van der Waals surface area contributed by atoms with Crippen molar-refractivity contribution in [2.45, 2.75) is 38.8 Å². The third-order valence-corrected chi connectivity index (χ3v) is 4.66. The summed E-state index contributed by atoms with van der Waals surface area (Å²) < 4.78 is 0. The molecule has 2 aliphatic rings. The van der Waals surface area contributed by atoms with Crippen molar-refractivity contribution in [2.24, 2.45) is 11.8 Å². The Labute approximate surface area is 114 Å². The first-order valence-corrected chi connectivity index (χ1v) is 7.22. The van der Waals surface area contributed by atoms with Gasteiger partial charge in [0.1, 0.15) is 6.23 Å². The number of aryl methyl sites for hydroxylation is 1. The molecule has 1 aliphatic heterocycles. The highest BCUT2D eigenvalue weighted by molar-refractivity contribution is 5.94. The van der Waals surface area contributed by atoms with Gasteiger partial charge in [0.25, 0.3) is 5.91 Å². The van der Waals surface area contributed by atoms with Crippen molar-refractivity contribution in [3.63, 3.8) is 0 Å². The summed E-state index contributed by atoms with van der Waals surface area (Å²) in [6.45, 7) is 2.73. The van der Waals surface area contributed by atoms with Crippen LogP contribution in [0.2, 0.25) is 0 Å². The number of aliphatic hydroxyl groups excluding tert-OH is 1. The molecule has 2 fully saturated rings.